The van der Waals surface area contributed by atoms with Crippen LogP contribution in [-0.2, 0) is 22.2 Å². The Hall–Kier alpha value is -3.39. The molecule has 1 aromatic heterocycles. The van der Waals surface area contributed by atoms with E-state index in [2.05, 4.69) is 4.98 Å². The number of hydrogen-bond donors (Lipinski definition) is 0. The molecule has 0 amide bonds. The van der Waals surface area contributed by atoms with Crippen LogP contribution < -0.4 is 0 Å². The molecule has 1 atom stereocenters. The predicted molar refractivity (Wildman–Crippen MR) is 144 cm³/mol. The van der Waals surface area contributed by atoms with Crippen LogP contribution in [0, 0.1) is 0 Å². The molecule has 182 valence electrons. The number of hydrogen-bond acceptors (Lipinski definition) is 5. The summed E-state index contributed by atoms with van der Waals surface area (Å²) in [5.74, 6) is 0.629. The number of rotatable bonds is 9. The summed E-state index contributed by atoms with van der Waals surface area (Å²) in [6, 6.07) is 34.1. The Balaban J connectivity index is 1.33. The molecular formula is C29H26N2O3S2. The average molecular weight is 515 g/mol. The largest absolute Gasteiger partial charge is 0.431 e. The molecule has 0 bridgehead atoms. The molecule has 0 aliphatic heterocycles. The molecule has 36 heavy (non-hydrogen) atoms. The van der Waals surface area contributed by atoms with Crippen LogP contribution in [0.2, 0.25) is 0 Å². The van der Waals surface area contributed by atoms with E-state index in [1.54, 1.807) is 19.2 Å². The number of oxazole rings is 1. The average Bonchev–Trinajstić information content (AvgIpc) is 3.35. The molecule has 0 spiro atoms. The van der Waals surface area contributed by atoms with Crippen molar-refractivity contribution in [3.63, 3.8) is 0 Å². The first-order chi connectivity index (χ1) is 17.5. The number of para-hydroxylation sites is 2. The third-order valence-electron chi connectivity index (χ3n) is 6.13. The van der Waals surface area contributed by atoms with Crippen molar-refractivity contribution in [3.8, 4) is 0 Å². The molecule has 5 aromatic rings. The fraction of sp³-hybridized carbons (Fsp3) is 0.138. The van der Waals surface area contributed by atoms with Gasteiger partial charge in [0.05, 0.1) is 10.9 Å². The first-order valence-electron chi connectivity index (χ1n) is 11.6. The number of nitrogens with zero attached hydrogens (tertiary/aromatic N) is 2. The van der Waals surface area contributed by atoms with Crippen LogP contribution in [0.15, 0.2) is 124 Å². The zero-order chi connectivity index (χ0) is 25.0. The first-order valence-corrected chi connectivity index (χ1v) is 14.1. The van der Waals surface area contributed by atoms with Crippen molar-refractivity contribution in [1.29, 1.82) is 0 Å². The Bertz CT molecular complexity index is 1500. The highest BCUT2D eigenvalue weighted by Gasteiger charge is 2.29. The molecular weight excluding hydrogens is 488 g/mol. The topological polar surface area (TPSA) is 63.4 Å². The van der Waals surface area contributed by atoms with E-state index < -0.39 is 10.0 Å². The molecule has 1 unspecified atom stereocenters. The lowest BCUT2D eigenvalue weighted by atomic mass is 9.99. The summed E-state index contributed by atoms with van der Waals surface area (Å²) in [6.07, 6.45) is 0.583. The van der Waals surface area contributed by atoms with Gasteiger partial charge in [0.15, 0.2) is 5.58 Å². The second-order valence-electron chi connectivity index (χ2n) is 8.52. The van der Waals surface area contributed by atoms with E-state index in [1.807, 2.05) is 97.1 Å². The van der Waals surface area contributed by atoms with Crippen LogP contribution in [0.25, 0.3) is 11.1 Å². The van der Waals surface area contributed by atoms with Gasteiger partial charge < -0.3 is 4.42 Å². The summed E-state index contributed by atoms with van der Waals surface area (Å²) in [6.45, 7) is 0. The van der Waals surface area contributed by atoms with Crippen LogP contribution in [0.4, 0.5) is 0 Å². The number of benzene rings is 4. The fourth-order valence-electron chi connectivity index (χ4n) is 4.12. The molecule has 0 saturated carbocycles. The summed E-state index contributed by atoms with van der Waals surface area (Å²) in [7, 11) is -2.05. The lowest BCUT2D eigenvalue weighted by molar-refractivity contribution is 0.373. The SMILES string of the molecule is CN(C(Cc1ccccc1)c1ccccc1)S(=O)(=O)c1ccc(CSc2nc3ccccc3o2)cc1. The number of fused-ring (bicyclic) bond motifs is 1. The summed E-state index contributed by atoms with van der Waals surface area (Å²) in [5, 5.41) is 0.597. The van der Waals surface area contributed by atoms with Crippen LogP contribution in [0.5, 0.6) is 0 Å². The molecule has 5 nitrogen and oxygen atoms in total. The zero-order valence-corrected chi connectivity index (χ0v) is 21.5. The molecule has 0 fully saturated rings. The lowest BCUT2D eigenvalue weighted by Crippen LogP contribution is -2.32. The minimum atomic E-state index is -3.71. The molecule has 1 heterocycles. The normalized spacial score (nSPS) is 12.7. The summed E-state index contributed by atoms with van der Waals surface area (Å²) < 4.78 is 34.5. The van der Waals surface area contributed by atoms with Gasteiger partial charge in [0.1, 0.15) is 5.52 Å². The van der Waals surface area contributed by atoms with Crippen molar-refractivity contribution in [2.24, 2.45) is 0 Å². The molecule has 5 rings (SSSR count). The Morgan fingerprint density at radius 3 is 2.14 bits per heavy atom. The van der Waals surface area contributed by atoms with Crippen LogP contribution >= 0.6 is 11.8 Å². The Morgan fingerprint density at radius 1 is 0.806 bits per heavy atom. The van der Waals surface area contributed by atoms with Crippen molar-refractivity contribution in [2.45, 2.75) is 28.3 Å². The van der Waals surface area contributed by atoms with Gasteiger partial charge in [0, 0.05) is 12.8 Å². The van der Waals surface area contributed by atoms with Gasteiger partial charge in [-0.1, -0.05) is 96.7 Å². The van der Waals surface area contributed by atoms with Gasteiger partial charge >= 0.3 is 0 Å². The van der Waals surface area contributed by atoms with E-state index in [-0.39, 0.29) is 10.9 Å². The van der Waals surface area contributed by atoms with Crippen molar-refractivity contribution >= 4 is 32.9 Å². The van der Waals surface area contributed by atoms with Gasteiger partial charge in [-0.25, -0.2) is 13.4 Å². The van der Waals surface area contributed by atoms with E-state index in [1.165, 1.54) is 16.1 Å². The van der Waals surface area contributed by atoms with E-state index in [9.17, 15) is 8.42 Å². The van der Waals surface area contributed by atoms with E-state index in [0.717, 1.165) is 27.8 Å². The highest BCUT2D eigenvalue weighted by molar-refractivity contribution is 7.98. The maximum atomic E-state index is 13.6. The monoisotopic (exact) mass is 514 g/mol. The summed E-state index contributed by atoms with van der Waals surface area (Å²) in [5.41, 5.74) is 4.62. The third kappa shape index (κ3) is 5.38. The van der Waals surface area contributed by atoms with E-state index in [4.69, 9.17) is 4.42 Å². The van der Waals surface area contributed by atoms with Gasteiger partial charge in [-0.15, -0.1) is 0 Å². The molecule has 0 aliphatic carbocycles. The number of aromatic nitrogens is 1. The van der Waals surface area contributed by atoms with Crippen LogP contribution in [-0.4, -0.2) is 24.8 Å². The zero-order valence-electron chi connectivity index (χ0n) is 19.8. The Kier molecular flexibility index (Phi) is 7.23. The molecule has 7 heteroatoms. The van der Waals surface area contributed by atoms with Crippen molar-refractivity contribution < 1.29 is 12.8 Å². The summed E-state index contributed by atoms with van der Waals surface area (Å²) in [4.78, 5) is 4.76. The van der Waals surface area contributed by atoms with Gasteiger partial charge in [-0.2, -0.15) is 4.31 Å². The van der Waals surface area contributed by atoms with E-state index >= 15 is 0 Å². The van der Waals surface area contributed by atoms with Crippen molar-refractivity contribution in [2.75, 3.05) is 7.05 Å². The number of thioether (sulfide) groups is 1. The van der Waals surface area contributed by atoms with Gasteiger partial charge in [-0.05, 0) is 47.4 Å². The third-order valence-corrected chi connectivity index (χ3v) is 8.91. The molecule has 0 saturated heterocycles. The molecule has 4 aromatic carbocycles. The fourth-order valence-corrected chi connectivity index (χ4v) is 6.26. The second-order valence-corrected chi connectivity index (χ2v) is 11.4. The maximum Gasteiger partial charge on any atom is 0.257 e. The highest BCUT2D eigenvalue weighted by Crippen LogP contribution is 2.31. The van der Waals surface area contributed by atoms with Crippen LogP contribution in [0.3, 0.4) is 0 Å². The lowest BCUT2D eigenvalue weighted by Gasteiger charge is -2.28. The number of sulfonamides is 1. The maximum absolute atomic E-state index is 13.6. The quantitative estimate of drug-likeness (QED) is 0.204. The highest BCUT2D eigenvalue weighted by atomic mass is 32.2. The van der Waals surface area contributed by atoms with Crippen LogP contribution in [0.1, 0.15) is 22.7 Å². The minimum Gasteiger partial charge on any atom is -0.431 e. The standard InChI is InChI=1S/C29H26N2O3S2/c1-31(27(24-12-6-3-7-13-24)20-22-10-4-2-5-11-22)36(32,33)25-18-16-23(17-19-25)21-35-29-30-26-14-8-9-15-28(26)34-29/h2-19,27H,20-21H2,1H3. The minimum absolute atomic E-state index is 0.273. The smallest absolute Gasteiger partial charge is 0.257 e. The van der Waals surface area contributed by atoms with Crippen molar-refractivity contribution in [3.05, 3.63) is 126 Å². The summed E-state index contributed by atoms with van der Waals surface area (Å²) >= 11 is 1.48. The van der Waals surface area contributed by atoms with E-state index in [0.29, 0.717) is 17.4 Å². The molecule has 0 N–H and O–H groups in total. The van der Waals surface area contributed by atoms with Gasteiger partial charge in [0.2, 0.25) is 10.0 Å². The van der Waals surface area contributed by atoms with Crippen molar-refractivity contribution in [1.82, 2.24) is 9.29 Å². The Morgan fingerprint density at radius 2 is 1.44 bits per heavy atom. The Labute approximate surface area is 215 Å². The first kappa shape index (κ1) is 24.3. The predicted octanol–water partition coefficient (Wildman–Crippen LogP) is 6.72. The number of likely N-dealkylation sites (N-methyl/N-ethyl adjacent to an activating group) is 1. The van der Waals surface area contributed by atoms with Gasteiger partial charge in [0.25, 0.3) is 5.22 Å². The molecule has 0 aliphatic rings. The second kappa shape index (κ2) is 10.7. The molecule has 0 radical (unpaired) electrons. The van der Waals surface area contributed by atoms with Gasteiger partial charge in [-0.3, -0.25) is 0 Å².